The van der Waals surface area contributed by atoms with Gasteiger partial charge < -0.3 is 4.57 Å². The van der Waals surface area contributed by atoms with Gasteiger partial charge in [0.25, 0.3) is 0 Å². The fourth-order valence-corrected chi connectivity index (χ4v) is 4.61. The van der Waals surface area contributed by atoms with Crippen LogP contribution in [0.2, 0.25) is 0 Å². The lowest BCUT2D eigenvalue weighted by atomic mass is 9.77. The molecule has 1 aliphatic rings. The monoisotopic (exact) mass is 419 g/mol. The number of amides is 1. The van der Waals surface area contributed by atoms with Gasteiger partial charge in [0.15, 0.2) is 0 Å². The van der Waals surface area contributed by atoms with E-state index in [0.717, 1.165) is 22.4 Å². The van der Waals surface area contributed by atoms with E-state index in [1.807, 2.05) is 67.1 Å². The Morgan fingerprint density at radius 1 is 0.906 bits per heavy atom. The zero-order valence-corrected chi connectivity index (χ0v) is 17.3. The topological polar surface area (TPSA) is 83.7 Å². The number of azide groups is 1. The van der Waals surface area contributed by atoms with Crippen LogP contribution in [0.4, 0.5) is 0 Å². The van der Waals surface area contributed by atoms with E-state index in [9.17, 15) is 4.79 Å². The molecule has 32 heavy (non-hydrogen) atoms. The Hall–Kier alpha value is -4.15. The number of nitrogens with zero attached hydrogens (tertiary/aromatic N) is 5. The summed E-state index contributed by atoms with van der Waals surface area (Å²) in [4.78, 5) is 19.3. The standard InChI is InChI=1S/C26H21N5O/c27-30-29-25(32)23-16-22(23)24-17-31(18-28-24)26(19-10-4-1-5-11-19,20-12-6-2-7-13-20)21-14-8-3-9-15-21/h1-15,17-18,22-23H,16H2/t22-,23-/m1/s1. The molecule has 6 nitrogen and oxygen atoms in total. The fourth-order valence-electron chi connectivity index (χ4n) is 4.61. The van der Waals surface area contributed by atoms with Crippen molar-refractivity contribution in [3.8, 4) is 0 Å². The zero-order valence-electron chi connectivity index (χ0n) is 17.3. The second kappa shape index (κ2) is 8.17. The van der Waals surface area contributed by atoms with Crippen molar-refractivity contribution in [2.24, 2.45) is 11.0 Å². The third-order valence-corrected chi connectivity index (χ3v) is 6.20. The van der Waals surface area contributed by atoms with E-state index >= 15 is 0 Å². The molecule has 0 unspecified atom stereocenters. The number of carbonyl (C=O) groups excluding carboxylic acids is 1. The van der Waals surface area contributed by atoms with Crippen molar-refractivity contribution >= 4 is 5.91 Å². The lowest BCUT2D eigenvalue weighted by molar-refractivity contribution is -0.119. The Balaban J connectivity index is 1.69. The minimum atomic E-state index is -0.631. The highest BCUT2D eigenvalue weighted by Crippen LogP contribution is 2.49. The molecule has 1 heterocycles. The molecule has 0 spiro atoms. The highest BCUT2D eigenvalue weighted by atomic mass is 16.2. The van der Waals surface area contributed by atoms with Crippen LogP contribution in [0.25, 0.3) is 10.4 Å². The lowest BCUT2D eigenvalue weighted by Crippen LogP contribution is -2.36. The summed E-state index contributed by atoms with van der Waals surface area (Å²) in [6, 6.07) is 31.1. The fraction of sp³-hybridized carbons (Fsp3) is 0.154. The van der Waals surface area contributed by atoms with Crippen LogP contribution < -0.4 is 0 Å². The Morgan fingerprint density at radius 3 is 1.88 bits per heavy atom. The predicted molar refractivity (Wildman–Crippen MR) is 122 cm³/mol. The summed E-state index contributed by atoms with van der Waals surface area (Å²) in [6.45, 7) is 0. The number of rotatable bonds is 6. The molecule has 1 amide bonds. The third-order valence-electron chi connectivity index (χ3n) is 6.20. The molecular formula is C26H21N5O. The van der Waals surface area contributed by atoms with Crippen molar-refractivity contribution in [3.05, 3.63) is 136 Å². The number of benzene rings is 3. The number of carbonyl (C=O) groups is 1. The van der Waals surface area contributed by atoms with Crippen LogP contribution in [0.15, 0.2) is 109 Å². The number of hydrogen-bond donors (Lipinski definition) is 0. The molecular weight excluding hydrogens is 398 g/mol. The van der Waals surface area contributed by atoms with Crippen molar-refractivity contribution < 1.29 is 4.79 Å². The van der Waals surface area contributed by atoms with Crippen molar-refractivity contribution in [2.45, 2.75) is 17.9 Å². The van der Waals surface area contributed by atoms with Gasteiger partial charge in [-0.2, -0.15) is 0 Å². The molecule has 5 rings (SSSR count). The van der Waals surface area contributed by atoms with Crippen molar-refractivity contribution in [1.29, 1.82) is 0 Å². The highest BCUT2D eigenvalue weighted by molar-refractivity contribution is 5.83. The number of aromatic nitrogens is 2. The summed E-state index contributed by atoms with van der Waals surface area (Å²) in [5.74, 6) is -0.712. The quantitative estimate of drug-likeness (QED) is 0.175. The average Bonchev–Trinajstić information content (AvgIpc) is 3.51. The molecule has 0 radical (unpaired) electrons. The van der Waals surface area contributed by atoms with Crippen molar-refractivity contribution in [3.63, 3.8) is 0 Å². The molecule has 0 saturated heterocycles. The van der Waals surface area contributed by atoms with Crippen LogP contribution in [0.3, 0.4) is 0 Å². The normalized spacial score (nSPS) is 17.4. The minimum Gasteiger partial charge on any atom is -0.319 e. The van der Waals surface area contributed by atoms with Crippen molar-refractivity contribution in [2.75, 3.05) is 0 Å². The van der Waals surface area contributed by atoms with Crippen LogP contribution >= 0.6 is 0 Å². The molecule has 4 aromatic rings. The van der Waals surface area contributed by atoms with Gasteiger partial charge in [0, 0.05) is 22.9 Å². The summed E-state index contributed by atoms with van der Waals surface area (Å²) in [5, 5.41) is 3.27. The summed E-state index contributed by atoms with van der Waals surface area (Å²) >= 11 is 0. The third kappa shape index (κ3) is 3.27. The van der Waals surface area contributed by atoms with Crippen molar-refractivity contribution in [1.82, 2.24) is 9.55 Å². The number of hydrogen-bond acceptors (Lipinski definition) is 2. The molecule has 0 aliphatic heterocycles. The molecule has 1 fully saturated rings. The summed E-state index contributed by atoms with van der Waals surface area (Å²) in [5.41, 5.74) is 12.1. The molecule has 6 heteroatoms. The molecule has 0 bridgehead atoms. The largest absolute Gasteiger partial charge is 0.319 e. The van der Waals surface area contributed by atoms with Gasteiger partial charge in [-0.15, -0.1) is 0 Å². The van der Waals surface area contributed by atoms with Crippen LogP contribution in [-0.2, 0) is 10.3 Å². The van der Waals surface area contributed by atoms with E-state index in [1.165, 1.54) is 0 Å². The Kier molecular flexibility index (Phi) is 5.06. The Bertz CT molecular complexity index is 1180. The van der Waals surface area contributed by atoms with E-state index < -0.39 is 11.4 Å². The van der Waals surface area contributed by atoms with E-state index in [2.05, 4.69) is 56.0 Å². The molecule has 1 saturated carbocycles. The average molecular weight is 419 g/mol. The first kappa shape index (κ1) is 19.8. The van der Waals surface area contributed by atoms with Gasteiger partial charge in [0.2, 0.25) is 5.91 Å². The summed E-state index contributed by atoms with van der Waals surface area (Å²) < 4.78 is 2.13. The van der Waals surface area contributed by atoms with Gasteiger partial charge in [-0.05, 0) is 33.8 Å². The maximum Gasteiger partial charge on any atom is 0.222 e. The van der Waals surface area contributed by atoms with E-state index in [0.29, 0.717) is 6.42 Å². The van der Waals surface area contributed by atoms with Crippen LogP contribution in [-0.4, -0.2) is 15.5 Å². The minimum absolute atomic E-state index is 0.0192. The van der Waals surface area contributed by atoms with Gasteiger partial charge in [-0.25, -0.2) is 4.98 Å². The highest BCUT2D eigenvalue weighted by Gasteiger charge is 2.46. The van der Waals surface area contributed by atoms with Gasteiger partial charge in [0.05, 0.1) is 12.0 Å². The van der Waals surface area contributed by atoms with E-state index in [-0.39, 0.29) is 11.8 Å². The van der Waals surface area contributed by atoms with Crippen LogP contribution in [0.1, 0.15) is 34.7 Å². The van der Waals surface area contributed by atoms with Gasteiger partial charge in [-0.1, -0.05) is 91.0 Å². The second-order valence-electron chi connectivity index (χ2n) is 7.99. The molecule has 3 aromatic carbocycles. The van der Waals surface area contributed by atoms with Gasteiger partial charge in [0.1, 0.15) is 5.54 Å². The first-order chi connectivity index (χ1) is 15.7. The molecule has 2 atom stereocenters. The van der Waals surface area contributed by atoms with Crippen LogP contribution in [0.5, 0.6) is 0 Å². The summed E-state index contributed by atoms with van der Waals surface area (Å²) in [6.07, 6.45) is 4.53. The number of imidazole rings is 1. The molecule has 1 aliphatic carbocycles. The van der Waals surface area contributed by atoms with E-state index in [4.69, 9.17) is 5.53 Å². The Morgan fingerprint density at radius 2 is 1.41 bits per heavy atom. The maximum atomic E-state index is 12.0. The maximum absolute atomic E-state index is 12.0. The van der Waals surface area contributed by atoms with Crippen LogP contribution in [0, 0.1) is 5.92 Å². The first-order valence-corrected chi connectivity index (χ1v) is 10.5. The molecule has 0 N–H and O–H groups in total. The first-order valence-electron chi connectivity index (χ1n) is 10.5. The predicted octanol–water partition coefficient (Wildman–Crippen LogP) is 5.66. The van der Waals surface area contributed by atoms with Gasteiger partial charge >= 0.3 is 0 Å². The SMILES string of the molecule is [N-]=[N+]=NC(=O)[C@@H]1C[C@H]1c1cn(C(c2ccccc2)(c2ccccc2)c2ccccc2)cn1. The molecule has 156 valence electrons. The molecule has 1 aromatic heterocycles. The second-order valence-corrected chi connectivity index (χ2v) is 7.99. The smallest absolute Gasteiger partial charge is 0.222 e. The zero-order chi connectivity index (χ0) is 22.0. The summed E-state index contributed by atoms with van der Waals surface area (Å²) in [7, 11) is 0. The Labute approximate surface area is 185 Å². The van der Waals surface area contributed by atoms with E-state index in [1.54, 1.807) is 0 Å². The van der Waals surface area contributed by atoms with Gasteiger partial charge in [-0.3, -0.25) is 4.79 Å². The lowest BCUT2D eigenvalue weighted by Gasteiger charge is -2.37.